The fourth-order valence-electron chi connectivity index (χ4n) is 7.57. The van der Waals surface area contributed by atoms with E-state index in [0.29, 0.717) is 17.2 Å². The minimum atomic E-state index is 0.153. The number of allylic oxidation sites excluding steroid dienone is 2. The molecule has 0 aromatic carbocycles. The highest BCUT2D eigenvalue weighted by atomic mass is 35.5. The van der Waals surface area contributed by atoms with E-state index < -0.39 is 0 Å². The molecule has 11 nitrogen and oxygen atoms in total. The Morgan fingerprint density at radius 2 is 1.06 bits per heavy atom. The molecule has 1 aliphatic heterocycles. The van der Waals surface area contributed by atoms with Crippen molar-refractivity contribution < 1.29 is 0 Å². The third-order valence-electron chi connectivity index (χ3n) is 12.2. The standard InChI is InChI=1S/C12H18N2.C12H16N2.C11H13ClN2.C11H14N2.C10H13N3/c1-12(2,3)9-5-6-11-10(7-9)13-8-14(11)4;1-9-8-13-11-7-10(12(2,3)4)5-6-14(9)11;1-11(2,3)8-4-5-14-9(12)7-13-10(14)6-8;1-11(2,3)9-4-6-13-7-5-12-10(13)8-9;1-10(2,3)8-4-5-13-9(6-8)11-7-12-13/h5-8,10-11H,1-4H3;5-8H,1-4H3;4-7H,1-3H3;4-8H,1-3H3;4-7H,1-3H3. The second-order valence-electron chi connectivity index (χ2n) is 23.0. The summed E-state index contributed by atoms with van der Waals surface area (Å²) in [5.74, 6) is 0. The Bertz CT molecular complexity index is 2870. The van der Waals surface area contributed by atoms with Gasteiger partial charge in [-0.3, -0.25) is 9.39 Å². The summed E-state index contributed by atoms with van der Waals surface area (Å²) in [6, 6.07) is 17.7. The molecule has 360 valence electrons. The summed E-state index contributed by atoms with van der Waals surface area (Å²) in [7, 11) is 2.08. The number of nitrogens with zero attached hydrogens (tertiary/aromatic N) is 11. The predicted octanol–water partition coefficient (Wildman–Crippen LogP) is 13.1. The van der Waals surface area contributed by atoms with Crippen molar-refractivity contribution in [1.29, 1.82) is 0 Å². The zero-order valence-electron chi connectivity index (χ0n) is 43.6. The second-order valence-corrected chi connectivity index (χ2v) is 23.4. The van der Waals surface area contributed by atoms with Crippen LogP contribution in [-0.2, 0) is 21.7 Å². The highest BCUT2D eigenvalue weighted by molar-refractivity contribution is 6.29. The van der Waals surface area contributed by atoms with E-state index in [2.05, 4.69) is 236 Å². The van der Waals surface area contributed by atoms with E-state index in [9.17, 15) is 0 Å². The topological polar surface area (TPSA) is 97.7 Å². The Labute approximate surface area is 409 Å². The maximum Gasteiger partial charge on any atom is 0.155 e. The average molecular weight is 937 g/mol. The normalized spacial score (nSPS) is 16.0. The molecule has 0 bridgehead atoms. The lowest BCUT2D eigenvalue weighted by Crippen LogP contribution is -2.33. The zero-order valence-corrected chi connectivity index (χ0v) is 44.3. The van der Waals surface area contributed by atoms with Crippen molar-refractivity contribution in [2.24, 2.45) is 10.4 Å². The number of fused-ring (bicyclic) bond motifs is 5. The van der Waals surface area contributed by atoms with Gasteiger partial charge in [0.05, 0.1) is 24.6 Å². The summed E-state index contributed by atoms with van der Waals surface area (Å²) >= 11 is 5.94. The van der Waals surface area contributed by atoms with E-state index in [1.54, 1.807) is 17.0 Å². The number of halogens is 1. The van der Waals surface area contributed by atoms with Crippen molar-refractivity contribution >= 4 is 40.5 Å². The molecule has 8 aromatic rings. The summed E-state index contributed by atoms with van der Waals surface area (Å²) in [6.07, 6.45) is 25.7. The number of aryl methyl sites for hydroxylation is 1. The van der Waals surface area contributed by atoms with Crippen LogP contribution in [0.5, 0.6) is 0 Å². The molecule has 0 saturated heterocycles. The Morgan fingerprint density at radius 1 is 0.544 bits per heavy atom. The largest absolute Gasteiger partial charge is 0.357 e. The van der Waals surface area contributed by atoms with Crippen molar-refractivity contribution in [2.45, 2.75) is 145 Å². The van der Waals surface area contributed by atoms with Gasteiger partial charge in [0.15, 0.2) is 5.65 Å². The minimum Gasteiger partial charge on any atom is -0.357 e. The molecule has 8 aromatic heterocycles. The van der Waals surface area contributed by atoms with E-state index in [0.717, 1.165) is 22.6 Å². The Kier molecular flexibility index (Phi) is 15.0. The number of pyridine rings is 4. The van der Waals surface area contributed by atoms with Gasteiger partial charge in [-0.25, -0.2) is 24.5 Å². The monoisotopic (exact) mass is 936 g/mol. The summed E-state index contributed by atoms with van der Waals surface area (Å²) in [5.41, 5.74) is 12.6. The Balaban J connectivity index is 0.000000140. The van der Waals surface area contributed by atoms with E-state index >= 15 is 0 Å². The molecule has 0 amide bonds. The first-order valence-electron chi connectivity index (χ1n) is 23.6. The van der Waals surface area contributed by atoms with Crippen LogP contribution in [0.3, 0.4) is 0 Å². The van der Waals surface area contributed by atoms with Gasteiger partial charge in [-0.15, -0.1) is 0 Å². The number of aliphatic imine (C=N–C) groups is 1. The second kappa shape index (κ2) is 19.9. The molecule has 12 heteroatoms. The minimum absolute atomic E-state index is 0.153. The lowest BCUT2D eigenvalue weighted by Gasteiger charge is -2.28. The van der Waals surface area contributed by atoms with Gasteiger partial charge in [0.1, 0.15) is 28.4 Å². The number of likely N-dealkylation sites (N-methyl/N-ethyl adjacent to an activating group) is 1. The summed E-state index contributed by atoms with van der Waals surface area (Å²) in [4.78, 5) is 23.6. The quantitative estimate of drug-likeness (QED) is 0.150. The van der Waals surface area contributed by atoms with Crippen LogP contribution in [0.1, 0.15) is 132 Å². The number of hydrogen-bond donors (Lipinski definition) is 0. The molecular formula is C56H74ClN11. The fraction of sp³-hybridized carbons (Fsp3) is 0.429. The van der Waals surface area contributed by atoms with Gasteiger partial charge < -0.3 is 13.7 Å². The van der Waals surface area contributed by atoms with Crippen LogP contribution in [0, 0.1) is 12.3 Å². The first-order valence-corrected chi connectivity index (χ1v) is 23.9. The molecule has 0 radical (unpaired) electrons. The Hall–Kier alpha value is -6.07. The van der Waals surface area contributed by atoms with Crippen LogP contribution in [0.15, 0.2) is 133 Å². The maximum absolute atomic E-state index is 5.94. The molecule has 2 aliphatic rings. The molecule has 0 N–H and O–H groups in total. The third-order valence-corrected chi connectivity index (χ3v) is 12.5. The zero-order chi connectivity index (χ0) is 50.0. The predicted molar refractivity (Wildman–Crippen MR) is 284 cm³/mol. The van der Waals surface area contributed by atoms with E-state index in [4.69, 9.17) is 11.6 Å². The number of aromatic nitrogens is 9. The number of hydrogen-bond acceptors (Lipinski definition) is 7. The van der Waals surface area contributed by atoms with Gasteiger partial charge in [-0.05, 0) is 110 Å². The van der Waals surface area contributed by atoms with Gasteiger partial charge in [-0.2, -0.15) is 5.10 Å². The van der Waals surface area contributed by atoms with Gasteiger partial charge >= 0.3 is 0 Å². The Morgan fingerprint density at radius 3 is 1.65 bits per heavy atom. The first kappa shape index (κ1) is 51.3. The smallest absolute Gasteiger partial charge is 0.155 e. The SMILES string of the molecule is CC(C)(C)c1ccn2c(Cl)cnc2c1.CC(C)(C)c1ccn2ccnc2c1.CC(C)(C)c1ccn2ncnc2c1.CN1C=NC2C=C(C(C)(C)C)C=CC21.Cc1cnc2cc(C(C)(C)C)ccn12. The van der Waals surface area contributed by atoms with Crippen LogP contribution >= 0.6 is 11.6 Å². The molecule has 68 heavy (non-hydrogen) atoms. The summed E-state index contributed by atoms with van der Waals surface area (Å²) < 4.78 is 7.77. The molecule has 0 fully saturated rings. The number of rotatable bonds is 0. The van der Waals surface area contributed by atoms with Crippen LogP contribution in [0.2, 0.25) is 5.15 Å². The van der Waals surface area contributed by atoms with Crippen LogP contribution in [0.25, 0.3) is 22.6 Å². The van der Waals surface area contributed by atoms with E-state index in [-0.39, 0.29) is 27.1 Å². The van der Waals surface area contributed by atoms with Gasteiger partial charge in [0.2, 0.25) is 0 Å². The molecule has 9 heterocycles. The lowest BCUT2D eigenvalue weighted by atomic mass is 9.82. The molecule has 2 unspecified atom stereocenters. The summed E-state index contributed by atoms with van der Waals surface area (Å²) in [5, 5.41) is 4.70. The molecule has 0 saturated carbocycles. The van der Waals surface area contributed by atoms with Crippen molar-refractivity contribution in [3.05, 3.63) is 161 Å². The van der Waals surface area contributed by atoms with Gasteiger partial charge in [0, 0.05) is 56.1 Å². The average Bonchev–Trinajstić information content (AvgIpc) is 4.12. The van der Waals surface area contributed by atoms with Crippen LogP contribution in [0.4, 0.5) is 0 Å². The first-order chi connectivity index (χ1) is 31.6. The van der Waals surface area contributed by atoms with Gasteiger partial charge in [-0.1, -0.05) is 134 Å². The van der Waals surface area contributed by atoms with Crippen LogP contribution in [-0.4, -0.2) is 73.1 Å². The fourth-order valence-corrected chi connectivity index (χ4v) is 7.76. The van der Waals surface area contributed by atoms with E-state index in [1.165, 1.54) is 33.5 Å². The van der Waals surface area contributed by atoms with Crippen molar-refractivity contribution in [2.75, 3.05) is 7.05 Å². The molecule has 1 aliphatic carbocycles. The highest BCUT2D eigenvalue weighted by Gasteiger charge is 2.29. The van der Waals surface area contributed by atoms with Crippen LogP contribution < -0.4 is 0 Å². The highest BCUT2D eigenvalue weighted by Crippen LogP contribution is 2.32. The van der Waals surface area contributed by atoms with Crippen molar-refractivity contribution in [1.82, 2.24) is 47.7 Å². The maximum atomic E-state index is 5.94. The summed E-state index contributed by atoms with van der Waals surface area (Å²) in [6.45, 7) is 35.2. The van der Waals surface area contributed by atoms with Crippen molar-refractivity contribution in [3.8, 4) is 0 Å². The van der Waals surface area contributed by atoms with Gasteiger partial charge in [0.25, 0.3) is 0 Å². The van der Waals surface area contributed by atoms with Crippen molar-refractivity contribution in [3.63, 3.8) is 0 Å². The van der Waals surface area contributed by atoms with E-state index in [1.807, 2.05) is 46.1 Å². The molecule has 0 spiro atoms. The number of imidazole rings is 3. The molecular weight excluding hydrogens is 862 g/mol. The lowest BCUT2D eigenvalue weighted by molar-refractivity contribution is 0.432. The third kappa shape index (κ3) is 12.7. The molecule has 10 rings (SSSR count). The molecule has 2 atom stereocenters.